The second kappa shape index (κ2) is 5.40. The second-order valence-corrected chi connectivity index (χ2v) is 5.13. The summed E-state index contributed by atoms with van der Waals surface area (Å²) in [6.45, 7) is 3.09. The Morgan fingerprint density at radius 1 is 1.68 bits per heavy atom. The van der Waals surface area contributed by atoms with Gasteiger partial charge >= 0.3 is 5.69 Å². The number of aliphatic hydroxyl groups is 1. The predicted octanol–water partition coefficient (Wildman–Crippen LogP) is 0.520. The summed E-state index contributed by atoms with van der Waals surface area (Å²) in [6.07, 6.45) is -1.98. The van der Waals surface area contributed by atoms with E-state index >= 15 is 0 Å². The van der Waals surface area contributed by atoms with Gasteiger partial charge in [-0.2, -0.15) is 0 Å². The number of ether oxygens (including phenoxy) is 1. The number of alkyl halides is 1. The van der Waals surface area contributed by atoms with Crippen LogP contribution in [0.3, 0.4) is 0 Å². The van der Waals surface area contributed by atoms with Crippen LogP contribution in [0.15, 0.2) is 22.4 Å². The summed E-state index contributed by atoms with van der Waals surface area (Å²) in [4.78, 5) is 25.3. The van der Waals surface area contributed by atoms with E-state index in [1.54, 1.807) is 0 Å². The van der Waals surface area contributed by atoms with Crippen LogP contribution in [0.4, 0.5) is 4.39 Å². The van der Waals surface area contributed by atoms with Crippen molar-refractivity contribution in [2.75, 3.05) is 6.61 Å². The molecular weight excluding hydrogens is 323 g/mol. The van der Waals surface area contributed by atoms with Crippen LogP contribution in [0.5, 0.6) is 0 Å². The topological polar surface area (TPSA) is 84.3 Å². The summed E-state index contributed by atoms with van der Waals surface area (Å²) in [7, 11) is 0. The highest BCUT2D eigenvalue weighted by Gasteiger charge is 2.36. The summed E-state index contributed by atoms with van der Waals surface area (Å²) in [6, 6.07) is 0. The van der Waals surface area contributed by atoms with Crippen molar-refractivity contribution in [3.63, 3.8) is 0 Å². The van der Waals surface area contributed by atoms with Gasteiger partial charge in [-0.15, -0.1) is 0 Å². The summed E-state index contributed by atoms with van der Waals surface area (Å²) in [5.41, 5.74) is -1.12. The van der Waals surface area contributed by atoms with Gasteiger partial charge in [0, 0.05) is 17.1 Å². The van der Waals surface area contributed by atoms with Crippen molar-refractivity contribution >= 4 is 20.4 Å². The lowest BCUT2D eigenvalue weighted by Crippen LogP contribution is -2.33. The van der Waals surface area contributed by atoms with Crippen LogP contribution < -0.4 is 11.2 Å². The minimum atomic E-state index is -1.36. The third kappa shape index (κ3) is 2.70. The zero-order valence-electron chi connectivity index (χ0n) is 9.81. The van der Waals surface area contributed by atoms with E-state index in [0.717, 1.165) is 4.57 Å². The van der Waals surface area contributed by atoms with Gasteiger partial charge in [0.2, 0.25) is 0 Å². The van der Waals surface area contributed by atoms with E-state index in [9.17, 15) is 14.0 Å². The Balaban J connectivity index is 2.41. The lowest BCUT2D eigenvalue weighted by molar-refractivity contribution is -0.0356. The van der Waals surface area contributed by atoms with Gasteiger partial charge in [0.05, 0.1) is 12.2 Å². The molecule has 1 aromatic heterocycles. The van der Waals surface area contributed by atoms with E-state index < -0.39 is 36.4 Å². The number of halogens is 2. The summed E-state index contributed by atoms with van der Waals surface area (Å²) >= 11 is 3.05. The smallest absolute Gasteiger partial charge is 0.330 e. The van der Waals surface area contributed by atoms with Crippen molar-refractivity contribution in [3.8, 4) is 0 Å². The molecule has 1 aliphatic heterocycles. The fourth-order valence-corrected chi connectivity index (χ4v) is 2.20. The lowest BCUT2D eigenvalue weighted by atomic mass is 10.2. The van der Waals surface area contributed by atoms with Crippen LogP contribution in [0, 0.1) is 0 Å². The van der Waals surface area contributed by atoms with E-state index in [4.69, 9.17) is 9.84 Å². The molecule has 1 saturated heterocycles. The molecule has 104 valence electrons. The maximum absolute atomic E-state index is 13.5. The molecule has 8 heteroatoms. The Kier molecular flexibility index (Phi) is 4.02. The SMILES string of the molecule is C=C(Br)c1cn([C@H]2CC(F)[C@@H](CO)O2)c(=O)[nH]c1=O. The summed E-state index contributed by atoms with van der Waals surface area (Å²) < 4.78 is 20.1. The zero-order chi connectivity index (χ0) is 14.2. The zero-order valence-corrected chi connectivity index (χ0v) is 11.4. The van der Waals surface area contributed by atoms with Gasteiger partial charge in [0.1, 0.15) is 18.5 Å². The van der Waals surface area contributed by atoms with Crippen LogP contribution in [0.25, 0.3) is 4.48 Å². The van der Waals surface area contributed by atoms with Gasteiger partial charge in [0.25, 0.3) is 5.56 Å². The number of aliphatic hydroxyl groups excluding tert-OH is 1. The maximum Gasteiger partial charge on any atom is 0.330 e. The Bertz CT molecular complexity index is 611. The molecule has 0 aliphatic carbocycles. The third-order valence-electron chi connectivity index (χ3n) is 2.91. The average molecular weight is 335 g/mol. The second-order valence-electron chi connectivity index (χ2n) is 4.18. The van der Waals surface area contributed by atoms with Gasteiger partial charge < -0.3 is 9.84 Å². The first-order valence-corrected chi connectivity index (χ1v) is 6.34. The first-order valence-electron chi connectivity index (χ1n) is 5.54. The minimum Gasteiger partial charge on any atom is -0.394 e. The Morgan fingerprint density at radius 3 is 2.89 bits per heavy atom. The van der Waals surface area contributed by atoms with Crippen molar-refractivity contribution in [1.29, 1.82) is 0 Å². The predicted molar refractivity (Wildman–Crippen MR) is 69.8 cm³/mol. The van der Waals surface area contributed by atoms with Crippen molar-refractivity contribution in [3.05, 3.63) is 39.2 Å². The standard InChI is InChI=1S/C11H12BrFN2O4/c1-5(12)6-3-15(11(18)14-10(6)17)9-2-7(13)8(4-16)19-9/h3,7-9,16H,1-2,4H2,(H,14,17,18)/t7?,8-,9-/m1/s1. The van der Waals surface area contributed by atoms with Crippen molar-refractivity contribution in [2.24, 2.45) is 0 Å². The van der Waals surface area contributed by atoms with Crippen LogP contribution in [0.2, 0.25) is 0 Å². The maximum atomic E-state index is 13.5. The van der Waals surface area contributed by atoms with E-state index in [1.807, 2.05) is 0 Å². The largest absolute Gasteiger partial charge is 0.394 e. The normalized spacial score (nSPS) is 26.6. The van der Waals surface area contributed by atoms with E-state index in [1.165, 1.54) is 6.20 Å². The first kappa shape index (κ1) is 14.2. The molecule has 1 unspecified atom stereocenters. The Hall–Kier alpha value is -1.25. The molecule has 1 aliphatic rings. The molecule has 1 aromatic rings. The Morgan fingerprint density at radius 2 is 2.37 bits per heavy atom. The molecule has 2 heterocycles. The fraction of sp³-hybridized carbons (Fsp3) is 0.455. The minimum absolute atomic E-state index is 0.0641. The molecule has 1 fully saturated rings. The number of hydrogen-bond acceptors (Lipinski definition) is 4. The highest BCUT2D eigenvalue weighted by molar-refractivity contribution is 9.15. The molecule has 2 N–H and O–H groups in total. The molecule has 0 amide bonds. The van der Waals surface area contributed by atoms with E-state index in [-0.39, 0.29) is 12.0 Å². The van der Waals surface area contributed by atoms with E-state index in [0.29, 0.717) is 4.48 Å². The van der Waals surface area contributed by atoms with Crippen LogP contribution >= 0.6 is 15.9 Å². The van der Waals surface area contributed by atoms with Crippen LogP contribution in [-0.4, -0.2) is 33.5 Å². The molecular formula is C11H12BrFN2O4. The van der Waals surface area contributed by atoms with Crippen molar-refractivity contribution < 1.29 is 14.2 Å². The summed E-state index contributed by atoms with van der Waals surface area (Å²) in [5.74, 6) is 0. The lowest BCUT2D eigenvalue weighted by Gasteiger charge is -2.14. The highest BCUT2D eigenvalue weighted by atomic mass is 79.9. The van der Waals surface area contributed by atoms with Gasteiger partial charge in [0.15, 0.2) is 0 Å². The van der Waals surface area contributed by atoms with Crippen LogP contribution in [-0.2, 0) is 4.74 Å². The molecule has 19 heavy (non-hydrogen) atoms. The van der Waals surface area contributed by atoms with Gasteiger partial charge in [-0.25, -0.2) is 9.18 Å². The molecule has 0 spiro atoms. The molecule has 0 radical (unpaired) electrons. The first-order chi connectivity index (χ1) is 8.93. The number of H-pyrrole nitrogens is 1. The fourth-order valence-electron chi connectivity index (χ4n) is 1.92. The number of rotatable bonds is 3. The molecule has 0 saturated carbocycles. The highest BCUT2D eigenvalue weighted by Crippen LogP contribution is 2.29. The number of nitrogens with one attached hydrogen (secondary N) is 1. The van der Waals surface area contributed by atoms with E-state index in [2.05, 4.69) is 27.5 Å². The number of hydrogen-bond donors (Lipinski definition) is 2. The number of aromatic nitrogens is 2. The summed E-state index contributed by atoms with van der Waals surface area (Å²) in [5, 5.41) is 8.93. The van der Waals surface area contributed by atoms with Crippen molar-refractivity contribution in [1.82, 2.24) is 9.55 Å². The van der Waals surface area contributed by atoms with Gasteiger partial charge in [-0.1, -0.05) is 22.5 Å². The third-order valence-corrected chi connectivity index (χ3v) is 3.34. The molecule has 2 rings (SSSR count). The van der Waals surface area contributed by atoms with Gasteiger partial charge in [-0.05, 0) is 0 Å². The molecule has 6 nitrogen and oxygen atoms in total. The monoisotopic (exact) mass is 334 g/mol. The molecule has 0 bridgehead atoms. The molecule has 3 atom stereocenters. The average Bonchev–Trinajstić information content (AvgIpc) is 2.69. The quantitative estimate of drug-likeness (QED) is 0.844. The Labute approximate surface area is 115 Å². The van der Waals surface area contributed by atoms with Gasteiger partial charge in [-0.3, -0.25) is 14.3 Å². The van der Waals surface area contributed by atoms with Crippen LogP contribution in [0.1, 0.15) is 18.2 Å². The van der Waals surface area contributed by atoms with Crippen molar-refractivity contribution in [2.45, 2.75) is 24.9 Å². The molecule has 0 aromatic carbocycles. The number of nitrogens with zero attached hydrogens (tertiary/aromatic N) is 1. The number of aromatic amines is 1.